The zero-order chi connectivity index (χ0) is 20.1. The summed E-state index contributed by atoms with van der Waals surface area (Å²) in [5.41, 5.74) is 0.822. The number of halogens is 2. The summed E-state index contributed by atoms with van der Waals surface area (Å²) in [4.78, 5) is 12.4. The van der Waals surface area contributed by atoms with Gasteiger partial charge >= 0.3 is 0 Å². The normalized spacial score (nSPS) is 16.4. The first-order chi connectivity index (χ1) is 13.3. The van der Waals surface area contributed by atoms with Crippen LogP contribution >= 0.6 is 11.6 Å². The van der Waals surface area contributed by atoms with Crippen molar-refractivity contribution < 1.29 is 17.6 Å². The minimum Gasteiger partial charge on any atom is -0.323 e. The predicted molar refractivity (Wildman–Crippen MR) is 109 cm³/mol. The zero-order valence-electron chi connectivity index (χ0n) is 15.0. The van der Waals surface area contributed by atoms with Crippen molar-refractivity contribution in [3.8, 4) is 0 Å². The fraction of sp³-hybridized carbons (Fsp3) is 0.250. The third kappa shape index (κ3) is 5.19. The summed E-state index contributed by atoms with van der Waals surface area (Å²) in [6, 6.07) is 13.1. The molecule has 8 heteroatoms. The van der Waals surface area contributed by atoms with Gasteiger partial charge in [-0.15, -0.1) is 0 Å². The monoisotopic (exact) mass is 422 g/mol. The zero-order valence-corrected chi connectivity index (χ0v) is 16.6. The molecule has 0 aliphatic carbocycles. The van der Waals surface area contributed by atoms with Crippen molar-refractivity contribution in [1.29, 1.82) is 0 Å². The van der Waals surface area contributed by atoms with E-state index in [0.717, 1.165) is 5.56 Å². The minimum atomic E-state index is -3.56. The van der Waals surface area contributed by atoms with Gasteiger partial charge < -0.3 is 5.32 Å². The largest absolute Gasteiger partial charge is 0.323 e. The lowest BCUT2D eigenvalue weighted by molar-refractivity contribution is -0.120. The van der Waals surface area contributed by atoms with Gasteiger partial charge in [-0.3, -0.25) is 4.79 Å². The highest BCUT2D eigenvalue weighted by atomic mass is 35.5. The fourth-order valence-corrected chi connectivity index (χ4v) is 4.41. The molecule has 2 aromatic carbocycles. The van der Waals surface area contributed by atoms with E-state index in [1.165, 1.54) is 27.9 Å². The first-order valence-corrected chi connectivity index (χ1v) is 10.7. The van der Waals surface area contributed by atoms with Crippen LogP contribution in [0.4, 0.5) is 10.1 Å². The minimum absolute atomic E-state index is 0.0262. The van der Waals surface area contributed by atoms with Crippen LogP contribution in [0.15, 0.2) is 53.9 Å². The molecule has 1 fully saturated rings. The van der Waals surface area contributed by atoms with E-state index < -0.39 is 15.8 Å². The van der Waals surface area contributed by atoms with E-state index in [0.29, 0.717) is 17.9 Å². The topological polar surface area (TPSA) is 66.5 Å². The third-order valence-electron chi connectivity index (χ3n) is 4.60. The Morgan fingerprint density at radius 3 is 2.50 bits per heavy atom. The molecule has 1 aliphatic rings. The molecule has 0 aromatic heterocycles. The van der Waals surface area contributed by atoms with E-state index in [9.17, 15) is 17.6 Å². The molecule has 0 saturated carbocycles. The third-order valence-corrected chi connectivity index (χ3v) is 6.40. The van der Waals surface area contributed by atoms with E-state index in [-0.39, 0.29) is 30.6 Å². The molecule has 1 N–H and O–H groups in total. The van der Waals surface area contributed by atoms with Crippen molar-refractivity contribution in [3.63, 3.8) is 0 Å². The Kier molecular flexibility index (Phi) is 6.49. The lowest BCUT2D eigenvalue weighted by atomic mass is 9.97. The Morgan fingerprint density at radius 2 is 1.82 bits per heavy atom. The first kappa shape index (κ1) is 20.5. The second kappa shape index (κ2) is 8.86. The van der Waals surface area contributed by atoms with Crippen LogP contribution in [-0.2, 0) is 14.8 Å². The number of nitrogens with one attached hydrogen (secondary N) is 1. The van der Waals surface area contributed by atoms with E-state index in [1.807, 2.05) is 30.3 Å². The maximum Gasteiger partial charge on any atom is 0.236 e. The van der Waals surface area contributed by atoms with E-state index in [4.69, 9.17) is 11.6 Å². The summed E-state index contributed by atoms with van der Waals surface area (Å²) in [6.07, 6.45) is 2.29. The average molecular weight is 423 g/mol. The van der Waals surface area contributed by atoms with Gasteiger partial charge in [0.1, 0.15) is 5.82 Å². The van der Waals surface area contributed by atoms with Gasteiger partial charge in [0.05, 0.1) is 5.69 Å². The number of amides is 1. The maximum atomic E-state index is 13.8. The maximum absolute atomic E-state index is 13.8. The fourth-order valence-electron chi connectivity index (χ4n) is 3.02. The number of piperidine rings is 1. The molecule has 5 nitrogen and oxygen atoms in total. The smallest absolute Gasteiger partial charge is 0.236 e. The standard InChI is InChI=1S/C20H20ClFN2O3S/c21-17-6-7-18(22)19(14-17)23-20(25)16-8-11-24(12-9-16)28(26,27)13-10-15-4-2-1-3-5-15/h1-7,10,13-14,16H,8-9,11-12H2,(H,23,25)/b13-10+. The quantitative estimate of drug-likeness (QED) is 0.787. The van der Waals surface area contributed by atoms with E-state index >= 15 is 0 Å². The number of benzene rings is 2. The number of hydrogen-bond donors (Lipinski definition) is 1. The van der Waals surface area contributed by atoms with Crippen molar-refractivity contribution in [2.24, 2.45) is 5.92 Å². The number of rotatable bonds is 5. The van der Waals surface area contributed by atoms with Gasteiger partial charge in [-0.2, -0.15) is 4.31 Å². The van der Waals surface area contributed by atoms with Crippen LogP contribution in [0, 0.1) is 11.7 Å². The molecule has 1 amide bonds. The number of nitrogens with zero attached hydrogens (tertiary/aromatic N) is 1. The molecule has 2 aromatic rings. The molecule has 1 heterocycles. The van der Waals surface area contributed by atoms with Gasteiger partial charge in [-0.25, -0.2) is 12.8 Å². The number of anilines is 1. The van der Waals surface area contributed by atoms with Gasteiger partial charge in [0, 0.05) is 29.4 Å². The van der Waals surface area contributed by atoms with Crippen molar-refractivity contribution in [3.05, 3.63) is 70.3 Å². The molecule has 0 spiro atoms. The molecule has 3 rings (SSSR count). The molecule has 0 bridgehead atoms. The second-order valence-electron chi connectivity index (χ2n) is 6.55. The highest BCUT2D eigenvalue weighted by Gasteiger charge is 2.30. The lowest BCUT2D eigenvalue weighted by Crippen LogP contribution is -2.40. The first-order valence-electron chi connectivity index (χ1n) is 8.84. The van der Waals surface area contributed by atoms with Gasteiger partial charge in [-0.1, -0.05) is 41.9 Å². The van der Waals surface area contributed by atoms with Crippen LogP contribution in [0.25, 0.3) is 6.08 Å². The summed E-state index contributed by atoms with van der Waals surface area (Å²) in [6.45, 7) is 0.467. The average Bonchev–Trinajstić information content (AvgIpc) is 2.70. The van der Waals surface area contributed by atoms with Crippen molar-refractivity contribution >= 4 is 39.3 Å². The molecular formula is C20H20ClFN2O3S. The summed E-state index contributed by atoms with van der Waals surface area (Å²) < 4.78 is 40.1. The van der Waals surface area contributed by atoms with Gasteiger partial charge in [0.2, 0.25) is 15.9 Å². The molecule has 148 valence electrons. The summed E-state index contributed by atoms with van der Waals surface area (Å²) >= 11 is 5.83. The van der Waals surface area contributed by atoms with Gasteiger partial charge in [0.25, 0.3) is 0 Å². The Labute approximate surface area is 168 Å². The lowest BCUT2D eigenvalue weighted by Gasteiger charge is -2.29. The van der Waals surface area contributed by atoms with Crippen LogP contribution in [0.1, 0.15) is 18.4 Å². The predicted octanol–water partition coefficient (Wildman–Crippen LogP) is 4.13. The van der Waals surface area contributed by atoms with E-state index in [1.54, 1.807) is 6.08 Å². The number of hydrogen-bond acceptors (Lipinski definition) is 3. The Balaban J connectivity index is 1.58. The highest BCUT2D eigenvalue weighted by Crippen LogP contribution is 2.24. The second-order valence-corrected chi connectivity index (χ2v) is 8.80. The van der Waals surface area contributed by atoms with Crippen LogP contribution < -0.4 is 5.32 Å². The van der Waals surface area contributed by atoms with Crippen LogP contribution in [0.3, 0.4) is 0 Å². The van der Waals surface area contributed by atoms with E-state index in [2.05, 4.69) is 5.32 Å². The summed E-state index contributed by atoms with van der Waals surface area (Å²) in [7, 11) is -3.56. The van der Waals surface area contributed by atoms with Crippen LogP contribution in [0.5, 0.6) is 0 Å². The van der Waals surface area contributed by atoms with Gasteiger partial charge in [0.15, 0.2) is 0 Å². The number of carbonyl (C=O) groups is 1. The summed E-state index contributed by atoms with van der Waals surface area (Å²) in [5.74, 6) is -1.29. The number of carbonyl (C=O) groups excluding carboxylic acids is 1. The molecule has 1 aliphatic heterocycles. The van der Waals surface area contributed by atoms with Crippen LogP contribution in [-0.4, -0.2) is 31.7 Å². The molecule has 0 atom stereocenters. The Morgan fingerprint density at radius 1 is 1.14 bits per heavy atom. The molecule has 1 saturated heterocycles. The van der Waals surface area contributed by atoms with Crippen molar-refractivity contribution in [2.45, 2.75) is 12.8 Å². The summed E-state index contributed by atoms with van der Waals surface area (Å²) in [5, 5.41) is 4.05. The Hall–Kier alpha value is -2.22. The van der Waals surface area contributed by atoms with Crippen molar-refractivity contribution in [2.75, 3.05) is 18.4 Å². The molecular weight excluding hydrogens is 403 g/mol. The Bertz CT molecular complexity index is 972. The SMILES string of the molecule is O=C(Nc1cc(Cl)ccc1F)C1CCN(S(=O)(=O)/C=C/c2ccccc2)CC1. The molecule has 0 unspecified atom stereocenters. The number of sulfonamides is 1. The highest BCUT2D eigenvalue weighted by molar-refractivity contribution is 7.92. The van der Waals surface area contributed by atoms with Crippen LogP contribution in [0.2, 0.25) is 5.02 Å². The van der Waals surface area contributed by atoms with Gasteiger partial charge in [-0.05, 0) is 42.7 Å². The van der Waals surface area contributed by atoms with Crippen molar-refractivity contribution in [1.82, 2.24) is 4.31 Å². The molecule has 28 heavy (non-hydrogen) atoms. The molecule has 0 radical (unpaired) electrons.